The Morgan fingerprint density at radius 1 is 1.17 bits per heavy atom. The molecule has 1 aromatic rings. The third kappa shape index (κ3) is 5.80. The van der Waals surface area contributed by atoms with Gasteiger partial charge in [-0.05, 0) is 37.0 Å². The van der Waals surface area contributed by atoms with Crippen LogP contribution in [0, 0.1) is 0 Å². The Bertz CT molecular complexity index is 494. The molecule has 24 heavy (non-hydrogen) atoms. The molecule has 0 aromatic heterocycles. The third-order valence-corrected chi connectivity index (χ3v) is 4.52. The number of hydrogen-bond donors (Lipinski definition) is 0. The van der Waals surface area contributed by atoms with E-state index >= 15 is 0 Å². The molecule has 1 heterocycles. The molecule has 0 radical (unpaired) electrons. The van der Waals surface area contributed by atoms with Gasteiger partial charge in [-0.1, -0.05) is 12.1 Å². The number of ether oxygens (including phenoxy) is 2. The Morgan fingerprint density at radius 2 is 1.83 bits per heavy atom. The van der Waals surface area contributed by atoms with Gasteiger partial charge < -0.3 is 19.3 Å². The summed E-state index contributed by atoms with van der Waals surface area (Å²) in [6, 6.07) is 8.42. The SMILES string of the molecule is COCCOC1CCN(C(=O)CCc2ccc(N(C)C)cc2)CC1. The molecule has 0 spiro atoms. The van der Waals surface area contributed by atoms with E-state index in [4.69, 9.17) is 9.47 Å². The first-order valence-corrected chi connectivity index (χ1v) is 8.74. The summed E-state index contributed by atoms with van der Waals surface area (Å²) in [6.45, 7) is 2.87. The first kappa shape index (κ1) is 18.7. The van der Waals surface area contributed by atoms with Crippen LogP contribution in [0.5, 0.6) is 0 Å². The van der Waals surface area contributed by atoms with Crippen molar-refractivity contribution in [3.05, 3.63) is 29.8 Å². The van der Waals surface area contributed by atoms with E-state index < -0.39 is 0 Å². The summed E-state index contributed by atoms with van der Waals surface area (Å²) < 4.78 is 10.7. The van der Waals surface area contributed by atoms with Crippen molar-refractivity contribution in [1.29, 1.82) is 0 Å². The molecule has 1 aliphatic rings. The number of amides is 1. The molecule has 134 valence electrons. The number of anilines is 1. The van der Waals surface area contributed by atoms with Crippen molar-refractivity contribution in [2.24, 2.45) is 0 Å². The number of methoxy groups -OCH3 is 1. The fourth-order valence-electron chi connectivity index (χ4n) is 2.94. The number of hydrogen-bond acceptors (Lipinski definition) is 4. The van der Waals surface area contributed by atoms with E-state index in [-0.39, 0.29) is 12.0 Å². The van der Waals surface area contributed by atoms with Gasteiger partial charge in [-0.3, -0.25) is 4.79 Å². The van der Waals surface area contributed by atoms with Crippen molar-refractivity contribution in [1.82, 2.24) is 4.90 Å². The van der Waals surface area contributed by atoms with E-state index in [2.05, 4.69) is 29.2 Å². The van der Waals surface area contributed by atoms with Gasteiger partial charge >= 0.3 is 0 Å². The summed E-state index contributed by atoms with van der Waals surface area (Å²) in [4.78, 5) is 16.4. The fourth-order valence-corrected chi connectivity index (χ4v) is 2.94. The molecular weight excluding hydrogens is 304 g/mol. The number of carbonyl (C=O) groups is 1. The molecule has 1 fully saturated rings. The standard InChI is InChI=1S/C19H30N2O3/c1-20(2)17-7-4-16(5-8-17)6-9-19(22)21-12-10-18(11-13-21)24-15-14-23-3/h4-5,7-8,18H,6,9-15H2,1-3H3. The fraction of sp³-hybridized carbons (Fsp3) is 0.632. The molecule has 0 atom stereocenters. The Hall–Kier alpha value is -1.59. The van der Waals surface area contributed by atoms with Crippen molar-refractivity contribution in [3.63, 3.8) is 0 Å². The average molecular weight is 334 g/mol. The highest BCUT2D eigenvalue weighted by molar-refractivity contribution is 5.76. The molecule has 0 aliphatic carbocycles. The largest absolute Gasteiger partial charge is 0.382 e. The third-order valence-electron chi connectivity index (χ3n) is 4.52. The minimum atomic E-state index is 0.252. The summed E-state index contributed by atoms with van der Waals surface area (Å²) in [6.07, 6.45) is 3.50. The maximum atomic E-state index is 12.4. The van der Waals surface area contributed by atoms with Crippen LogP contribution in [0.3, 0.4) is 0 Å². The van der Waals surface area contributed by atoms with Crippen LogP contribution in [0.1, 0.15) is 24.8 Å². The summed E-state index contributed by atoms with van der Waals surface area (Å²) in [7, 11) is 5.74. The van der Waals surface area contributed by atoms with Crippen molar-refractivity contribution in [3.8, 4) is 0 Å². The van der Waals surface area contributed by atoms with Crippen LogP contribution in [0.15, 0.2) is 24.3 Å². The Morgan fingerprint density at radius 3 is 2.42 bits per heavy atom. The van der Waals surface area contributed by atoms with Crippen LogP contribution in [-0.4, -0.2) is 64.4 Å². The van der Waals surface area contributed by atoms with Gasteiger partial charge in [-0.2, -0.15) is 0 Å². The van der Waals surface area contributed by atoms with Crippen LogP contribution < -0.4 is 4.90 Å². The number of likely N-dealkylation sites (tertiary alicyclic amines) is 1. The number of piperidine rings is 1. The van der Waals surface area contributed by atoms with Crippen LogP contribution in [0.2, 0.25) is 0 Å². The normalized spacial score (nSPS) is 15.5. The van der Waals surface area contributed by atoms with Crippen LogP contribution in [0.25, 0.3) is 0 Å². The molecule has 1 saturated heterocycles. The maximum absolute atomic E-state index is 12.4. The zero-order valence-corrected chi connectivity index (χ0v) is 15.2. The Kier molecular flexibility index (Phi) is 7.53. The van der Waals surface area contributed by atoms with E-state index in [0.29, 0.717) is 19.6 Å². The molecule has 2 rings (SSSR count). The summed E-state index contributed by atoms with van der Waals surface area (Å²) >= 11 is 0. The van der Waals surface area contributed by atoms with E-state index in [1.807, 2.05) is 19.0 Å². The maximum Gasteiger partial charge on any atom is 0.222 e. The van der Waals surface area contributed by atoms with Gasteiger partial charge in [-0.25, -0.2) is 0 Å². The topological polar surface area (TPSA) is 42.0 Å². The summed E-state index contributed by atoms with van der Waals surface area (Å²) in [5.74, 6) is 0.252. The monoisotopic (exact) mass is 334 g/mol. The van der Waals surface area contributed by atoms with Crippen LogP contribution in [0.4, 0.5) is 5.69 Å². The number of nitrogens with zero attached hydrogens (tertiary/aromatic N) is 2. The zero-order valence-electron chi connectivity index (χ0n) is 15.2. The van der Waals surface area contributed by atoms with E-state index in [9.17, 15) is 4.79 Å². The molecule has 0 unspecified atom stereocenters. The second kappa shape index (κ2) is 9.64. The first-order chi connectivity index (χ1) is 11.6. The molecule has 1 aliphatic heterocycles. The van der Waals surface area contributed by atoms with Crippen LogP contribution in [-0.2, 0) is 20.7 Å². The lowest BCUT2D eigenvalue weighted by Gasteiger charge is -2.32. The van der Waals surface area contributed by atoms with E-state index in [0.717, 1.165) is 32.4 Å². The van der Waals surface area contributed by atoms with E-state index in [1.54, 1.807) is 7.11 Å². The lowest BCUT2D eigenvalue weighted by Crippen LogP contribution is -2.41. The lowest BCUT2D eigenvalue weighted by atomic mass is 10.1. The highest BCUT2D eigenvalue weighted by Crippen LogP contribution is 2.17. The molecule has 0 bridgehead atoms. The van der Waals surface area contributed by atoms with Gasteiger partial charge in [0.2, 0.25) is 5.91 Å². The first-order valence-electron chi connectivity index (χ1n) is 8.74. The van der Waals surface area contributed by atoms with Gasteiger partial charge in [0.1, 0.15) is 0 Å². The highest BCUT2D eigenvalue weighted by atomic mass is 16.5. The predicted molar refractivity (Wildman–Crippen MR) is 96.5 cm³/mol. The van der Waals surface area contributed by atoms with Gasteiger partial charge in [0, 0.05) is 46.4 Å². The van der Waals surface area contributed by atoms with Crippen molar-refractivity contribution < 1.29 is 14.3 Å². The summed E-state index contributed by atoms with van der Waals surface area (Å²) in [5, 5.41) is 0. The van der Waals surface area contributed by atoms with Gasteiger partial charge in [0.25, 0.3) is 0 Å². The second-order valence-corrected chi connectivity index (χ2v) is 6.50. The summed E-state index contributed by atoms with van der Waals surface area (Å²) in [5.41, 5.74) is 2.40. The Labute approximate surface area is 145 Å². The molecular formula is C19H30N2O3. The molecule has 0 saturated carbocycles. The quantitative estimate of drug-likeness (QED) is 0.684. The predicted octanol–water partition coefficient (Wildman–Crippen LogP) is 2.34. The number of carbonyl (C=O) groups excluding carboxylic acids is 1. The van der Waals surface area contributed by atoms with Gasteiger partial charge in [-0.15, -0.1) is 0 Å². The second-order valence-electron chi connectivity index (χ2n) is 6.50. The lowest BCUT2D eigenvalue weighted by molar-refractivity contribution is -0.134. The molecule has 5 heteroatoms. The average Bonchev–Trinajstić information content (AvgIpc) is 2.61. The van der Waals surface area contributed by atoms with Crippen molar-refractivity contribution in [2.45, 2.75) is 31.8 Å². The van der Waals surface area contributed by atoms with Crippen molar-refractivity contribution >= 4 is 11.6 Å². The zero-order chi connectivity index (χ0) is 17.4. The van der Waals surface area contributed by atoms with Gasteiger partial charge in [0.05, 0.1) is 19.3 Å². The van der Waals surface area contributed by atoms with Crippen molar-refractivity contribution in [2.75, 3.05) is 52.4 Å². The number of rotatable bonds is 8. The minimum absolute atomic E-state index is 0.252. The number of aryl methyl sites for hydroxylation is 1. The van der Waals surface area contributed by atoms with Gasteiger partial charge in [0.15, 0.2) is 0 Å². The van der Waals surface area contributed by atoms with E-state index in [1.165, 1.54) is 11.3 Å². The Balaban J connectivity index is 1.70. The molecule has 1 aromatic carbocycles. The molecule has 0 N–H and O–H groups in total. The van der Waals surface area contributed by atoms with Crippen LogP contribution >= 0.6 is 0 Å². The number of benzene rings is 1. The highest BCUT2D eigenvalue weighted by Gasteiger charge is 2.22. The molecule has 5 nitrogen and oxygen atoms in total. The molecule has 1 amide bonds. The smallest absolute Gasteiger partial charge is 0.222 e. The minimum Gasteiger partial charge on any atom is -0.382 e.